The molecule has 0 saturated carbocycles. The lowest BCUT2D eigenvalue weighted by Crippen LogP contribution is -1.94. The van der Waals surface area contributed by atoms with Gasteiger partial charge in [0.05, 0.1) is 16.6 Å². The van der Waals surface area contributed by atoms with E-state index in [1.165, 1.54) is 27.5 Å². The molecular weight excluding hydrogens is 414 g/mol. The van der Waals surface area contributed by atoms with Crippen LogP contribution < -0.4 is 0 Å². The summed E-state index contributed by atoms with van der Waals surface area (Å²) >= 11 is 0. The Morgan fingerprint density at radius 3 is 2.24 bits per heavy atom. The van der Waals surface area contributed by atoms with E-state index in [9.17, 15) is 0 Å². The molecule has 0 unspecified atom stereocenters. The molecule has 34 heavy (non-hydrogen) atoms. The quantitative estimate of drug-likeness (QED) is 0.272. The van der Waals surface area contributed by atoms with Gasteiger partial charge in [-0.25, -0.2) is 4.98 Å². The number of hydrogen-bond donors (Lipinski definition) is 0. The van der Waals surface area contributed by atoms with E-state index in [0.717, 1.165) is 44.1 Å². The van der Waals surface area contributed by atoms with E-state index in [2.05, 4.69) is 107 Å². The summed E-state index contributed by atoms with van der Waals surface area (Å²) in [6, 6.07) is 26.3. The molecule has 0 radical (unpaired) electrons. The molecule has 2 nitrogen and oxygen atoms in total. The zero-order chi connectivity index (χ0) is 23.6. The monoisotopic (exact) mass is 443 g/mol. The Balaban J connectivity index is 1.80. The highest BCUT2D eigenvalue weighted by molar-refractivity contribution is 6.20. The summed E-state index contributed by atoms with van der Waals surface area (Å²) in [5.41, 5.74) is 8.83. The van der Waals surface area contributed by atoms with Gasteiger partial charge in [0.1, 0.15) is 11.2 Å². The van der Waals surface area contributed by atoms with Crippen molar-refractivity contribution in [2.24, 2.45) is 0 Å². The molecule has 0 saturated heterocycles. The number of fused-ring (bicyclic) bond motifs is 6. The van der Waals surface area contributed by atoms with Gasteiger partial charge in [-0.1, -0.05) is 81.8 Å². The van der Waals surface area contributed by atoms with E-state index >= 15 is 0 Å². The number of furan rings is 1. The molecular formula is C32H29NO. The van der Waals surface area contributed by atoms with Crippen LogP contribution in [0.1, 0.15) is 56.2 Å². The zero-order valence-electron chi connectivity index (χ0n) is 20.4. The van der Waals surface area contributed by atoms with Crippen molar-refractivity contribution in [3.63, 3.8) is 0 Å². The molecule has 0 aliphatic carbocycles. The number of benzene rings is 4. The third-order valence-corrected chi connectivity index (χ3v) is 7.02. The molecule has 2 aromatic heterocycles. The molecule has 0 atom stereocenters. The Hall–Kier alpha value is -3.65. The van der Waals surface area contributed by atoms with E-state index < -0.39 is 0 Å². The molecule has 6 aromatic rings. The highest BCUT2D eigenvalue weighted by atomic mass is 16.3. The van der Waals surface area contributed by atoms with Crippen LogP contribution in [0.15, 0.2) is 77.2 Å². The van der Waals surface area contributed by atoms with Crippen LogP contribution in [0.5, 0.6) is 0 Å². The van der Waals surface area contributed by atoms with Gasteiger partial charge in [-0.05, 0) is 64.9 Å². The van der Waals surface area contributed by atoms with Gasteiger partial charge in [-0.15, -0.1) is 0 Å². The highest BCUT2D eigenvalue weighted by Crippen LogP contribution is 2.43. The SMILES string of the molecule is Cc1ccc2nc(-c3cc(C(C)C)c4ccccc4c3)c3c4cccc(C(C)C)c4oc3c2c1. The fourth-order valence-electron chi connectivity index (χ4n) is 5.29. The van der Waals surface area contributed by atoms with Crippen molar-refractivity contribution in [2.75, 3.05) is 0 Å². The van der Waals surface area contributed by atoms with Gasteiger partial charge in [0.2, 0.25) is 0 Å². The summed E-state index contributed by atoms with van der Waals surface area (Å²) in [5, 5.41) is 5.90. The van der Waals surface area contributed by atoms with E-state index in [4.69, 9.17) is 9.40 Å². The third kappa shape index (κ3) is 3.13. The predicted molar refractivity (Wildman–Crippen MR) is 145 cm³/mol. The van der Waals surface area contributed by atoms with Crippen molar-refractivity contribution < 1.29 is 4.42 Å². The highest BCUT2D eigenvalue weighted by Gasteiger charge is 2.21. The Labute approximate surface area is 200 Å². The van der Waals surface area contributed by atoms with Crippen LogP contribution in [0.4, 0.5) is 0 Å². The van der Waals surface area contributed by atoms with E-state index in [1.54, 1.807) is 0 Å². The maximum Gasteiger partial charge on any atom is 0.147 e. The normalized spacial score (nSPS) is 12.2. The second kappa shape index (κ2) is 7.70. The standard InChI is InChI=1S/C32H29NO/c1-18(2)23-11-8-12-25-29-30(22-16-21-9-6-7-10-24(21)26(17-22)19(3)4)33-28-14-13-20(5)15-27(28)32(29)34-31(23)25/h6-19H,1-5H3. The number of nitrogens with zero attached hydrogens (tertiary/aromatic N) is 1. The summed E-state index contributed by atoms with van der Waals surface area (Å²) in [7, 11) is 0. The van der Waals surface area contributed by atoms with Crippen LogP contribution >= 0.6 is 0 Å². The van der Waals surface area contributed by atoms with E-state index in [-0.39, 0.29) is 0 Å². The molecule has 4 aromatic carbocycles. The maximum absolute atomic E-state index is 6.70. The minimum absolute atomic E-state index is 0.377. The molecule has 6 rings (SSSR count). The Morgan fingerprint density at radius 2 is 1.44 bits per heavy atom. The van der Waals surface area contributed by atoms with Crippen LogP contribution in [0.2, 0.25) is 0 Å². The van der Waals surface area contributed by atoms with Gasteiger partial charge in [0.15, 0.2) is 0 Å². The van der Waals surface area contributed by atoms with Gasteiger partial charge in [-0.3, -0.25) is 0 Å². The molecule has 0 amide bonds. The average molecular weight is 444 g/mol. The van der Waals surface area contributed by atoms with Gasteiger partial charge < -0.3 is 4.42 Å². The van der Waals surface area contributed by atoms with Crippen molar-refractivity contribution in [2.45, 2.75) is 46.5 Å². The molecule has 2 heteroatoms. The van der Waals surface area contributed by atoms with Crippen molar-refractivity contribution in [1.29, 1.82) is 0 Å². The van der Waals surface area contributed by atoms with Crippen LogP contribution in [0.25, 0.3) is 54.9 Å². The van der Waals surface area contributed by atoms with Crippen LogP contribution in [0, 0.1) is 6.92 Å². The lowest BCUT2D eigenvalue weighted by atomic mass is 9.91. The summed E-state index contributed by atoms with van der Waals surface area (Å²) in [6.07, 6.45) is 0. The maximum atomic E-state index is 6.70. The first-order valence-corrected chi connectivity index (χ1v) is 12.2. The lowest BCUT2D eigenvalue weighted by Gasteiger charge is -2.14. The predicted octanol–water partition coefficient (Wildman–Crippen LogP) is 9.51. The largest absolute Gasteiger partial charge is 0.455 e. The molecule has 0 fully saturated rings. The number of pyridine rings is 1. The first-order chi connectivity index (χ1) is 16.4. The van der Waals surface area contributed by atoms with Crippen molar-refractivity contribution in [3.8, 4) is 11.3 Å². The molecule has 0 N–H and O–H groups in total. The molecule has 168 valence electrons. The van der Waals surface area contributed by atoms with Gasteiger partial charge in [0, 0.05) is 16.3 Å². The lowest BCUT2D eigenvalue weighted by molar-refractivity contribution is 0.660. The Kier molecular flexibility index (Phi) is 4.74. The molecule has 2 heterocycles. The average Bonchev–Trinajstić information content (AvgIpc) is 3.23. The summed E-state index contributed by atoms with van der Waals surface area (Å²) in [6.45, 7) is 11.1. The number of aromatic nitrogens is 1. The summed E-state index contributed by atoms with van der Waals surface area (Å²) < 4.78 is 6.70. The van der Waals surface area contributed by atoms with Gasteiger partial charge in [-0.2, -0.15) is 0 Å². The van der Waals surface area contributed by atoms with Crippen molar-refractivity contribution in [1.82, 2.24) is 4.98 Å². The fraction of sp³-hybridized carbons (Fsp3) is 0.219. The first kappa shape index (κ1) is 20.9. The first-order valence-electron chi connectivity index (χ1n) is 12.2. The smallest absolute Gasteiger partial charge is 0.147 e. The number of aryl methyl sites for hydroxylation is 1. The second-order valence-corrected chi connectivity index (χ2v) is 10.1. The zero-order valence-corrected chi connectivity index (χ0v) is 20.4. The molecule has 0 bridgehead atoms. The minimum Gasteiger partial charge on any atom is -0.455 e. The Morgan fingerprint density at radius 1 is 0.676 bits per heavy atom. The minimum atomic E-state index is 0.377. The Bertz CT molecular complexity index is 1720. The van der Waals surface area contributed by atoms with Crippen LogP contribution in [-0.2, 0) is 0 Å². The van der Waals surface area contributed by atoms with Crippen LogP contribution in [-0.4, -0.2) is 4.98 Å². The number of hydrogen-bond acceptors (Lipinski definition) is 2. The third-order valence-electron chi connectivity index (χ3n) is 7.02. The van der Waals surface area contributed by atoms with Crippen LogP contribution in [0.3, 0.4) is 0 Å². The number of para-hydroxylation sites is 1. The number of rotatable bonds is 3. The van der Waals surface area contributed by atoms with E-state index in [0.29, 0.717) is 11.8 Å². The molecule has 0 aliphatic rings. The fourth-order valence-corrected chi connectivity index (χ4v) is 5.29. The summed E-state index contributed by atoms with van der Waals surface area (Å²) in [4.78, 5) is 5.26. The second-order valence-electron chi connectivity index (χ2n) is 10.1. The molecule has 0 spiro atoms. The van der Waals surface area contributed by atoms with Gasteiger partial charge in [0.25, 0.3) is 0 Å². The van der Waals surface area contributed by atoms with Crippen molar-refractivity contribution in [3.05, 3.63) is 89.5 Å². The van der Waals surface area contributed by atoms with E-state index in [1.807, 2.05) is 0 Å². The molecule has 0 aliphatic heterocycles. The van der Waals surface area contributed by atoms with Crippen molar-refractivity contribution >= 4 is 43.6 Å². The summed E-state index contributed by atoms with van der Waals surface area (Å²) in [5.74, 6) is 0.791. The van der Waals surface area contributed by atoms with Gasteiger partial charge >= 0.3 is 0 Å². The topological polar surface area (TPSA) is 26.0 Å².